The quantitative estimate of drug-likeness (QED) is 0.800. The highest BCUT2D eigenvalue weighted by molar-refractivity contribution is 9.13. The number of anilines is 1. The predicted molar refractivity (Wildman–Crippen MR) is 81.5 cm³/mol. The monoisotopic (exact) mass is 392 g/mol. The van der Waals surface area contributed by atoms with Gasteiger partial charge >= 0.3 is 0 Å². The zero-order chi connectivity index (χ0) is 13.1. The summed E-state index contributed by atoms with van der Waals surface area (Å²) in [6, 6.07) is 8.47. The molecule has 1 heterocycles. The average Bonchev–Trinajstić information content (AvgIpc) is 2.68. The van der Waals surface area contributed by atoms with Gasteiger partial charge in [-0.25, -0.2) is 4.39 Å². The third-order valence-corrected chi connectivity index (χ3v) is 5.82. The first kappa shape index (κ1) is 14.0. The first-order chi connectivity index (χ1) is 8.61. The second kappa shape index (κ2) is 6.14. The zero-order valence-corrected chi connectivity index (χ0v) is 13.3. The molecule has 0 aliphatic rings. The molecule has 96 valence electrons. The van der Waals surface area contributed by atoms with Gasteiger partial charge in [0.05, 0.1) is 15.5 Å². The van der Waals surface area contributed by atoms with E-state index in [1.54, 1.807) is 29.5 Å². The Balaban J connectivity index is 2.22. The van der Waals surface area contributed by atoms with Gasteiger partial charge < -0.3 is 11.1 Å². The van der Waals surface area contributed by atoms with E-state index in [0.29, 0.717) is 12.2 Å². The van der Waals surface area contributed by atoms with Crippen LogP contribution in [0.1, 0.15) is 10.9 Å². The maximum atomic E-state index is 13.6. The van der Waals surface area contributed by atoms with Gasteiger partial charge in [0.2, 0.25) is 0 Å². The van der Waals surface area contributed by atoms with Crippen molar-refractivity contribution in [1.29, 1.82) is 0 Å². The molecule has 2 rings (SSSR count). The maximum absolute atomic E-state index is 13.6. The Morgan fingerprint density at radius 3 is 2.61 bits per heavy atom. The number of benzene rings is 1. The number of halogens is 3. The second-order valence-corrected chi connectivity index (χ2v) is 6.94. The molecule has 0 saturated heterocycles. The van der Waals surface area contributed by atoms with Crippen LogP contribution in [-0.2, 0) is 0 Å². The molecule has 0 aliphatic carbocycles. The molecule has 6 heteroatoms. The van der Waals surface area contributed by atoms with Gasteiger partial charge in [-0.3, -0.25) is 0 Å². The first-order valence-electron chi connectivity index (χ1n) is 5.27. The molecule has 1 atom stereocenters. The molecule has 0 radical (unpaired) electrons. The highest BCUT2D eigenvalue weighted by Crippen LogP contribution is 2.36. The van der Waals surface area contributed by atoms with E-state index in [-0.39, 0.29) is 11.9 Å². The van der Waals surface area contributed by atoms with Gasteiger partial charge in [0.1, 0.15) is 5.82 Å². The van der Waals surface area contributed by atoms with Crippen LogP contribution < -0.4 is 11.1 Å². The Hall–Kier alpha value is -0.430. The summed E-state index contributed by atoms with van der Waals surface area (Å²) in [6.07, 6.45) is 0. The molecule has 3 N–H and O–H groups in total. The van der Waals surface area contributed by atoms with Gasteiger partial charge in [0, 0.05) is 15.9 Å². The number of nitrogens with one attached hydrogen (secondary N) is 1. The highest BCUT2D eigenvalue weighted by Gasteiger charge is 2.15. The first-order valence-corrected chi connectivity index (χ1v) is 7.68. The molecule has 18 heavy (non-hydrogen) atoms. The van der Waals surface area contributed by atoms with Gasteiger partial charge in [0.15, 0.2) is 0 Å². The standard InChI is InChI=1S/C12H11Br2FN2S/c13-7-5-11(18-12(7)14)10(6-16)17-9-4-2-1-3-8(9)15/h1-5,10,17H,6,16H2. The lowest BCUT2D eigenvalue weighted by Crippen LogP contribution is -2.20. The van der Waals surface area contributed by atoms with E-state index in [9.17, 15) is 4.39 Å². The van der Waals surface area contributed by atoms with Crippen LogP contribution in [0.5, 0.6) is 0 Å². The molecule has 2 aromatic rings. The third kappa shape index (κ3) is 3.12. The topological polar surface area (TPSA) is 38.0 Å². The Morgan fingerprint density at radius 2 is 2.06 bits per heavy atom. The molecule has 0 aliphatic heterocycles. The van der Waals surface area contributed by atoms with Crippen LogP contribution in [-0.4, -0.2) is 6.54 Å². The summed E-state index contributed by atoms with van der Waals surface area (Å²) in [6.45, 7) is 0.397. The zero-order valence-electron chi connectivity index (χ0n) is 9.29. The summed E-state index contributed by atoms with van der Waals surface area (Å²) in [5, 5.41) is 3.12. The molecular weight excluding hydrogens is 383 g/mol. The predicted octanol–water partition coefficient (Wildman–Crippen LogP) is 4.52. The van der Waals surface area contributed by atoms with Crippen LogP contribution >= 0.6 is 43.2 Å². The normalized spacial score (nSPS) is 12.4. The number of hydrogen-bond donors (Lipinski definition) is 2. The minimum Gasteiger partial charge on any atom is -0.374 e. The molecule has 1 aromatic heterocycles. The number of thiophene rings is 1. The minimum atomic E-state index is -0.273. The van der Waals surface area contributed by atoms with E-state index in [1.807, 2.05) is 6.07 Å². The molecule has 0 fully saturated rings. The molecule has 0 bridgehead atoms. The number of rotatable bonds is 4. The molecule has 0 saturated carbocycles. The molecule has 0 amide bonds. The van der Waals surface area contributed by atoms with E-state index >= 15 is 0 Å². The number of hydrogen-bond acceptors (Lipinski definition) is 3. The minimum absolute atomic E-state index is 0.102. The van der Waals surface area contributed by atoms with Gasteiger partial charge in [0.25, 0.3) is 0 Å². The summed E-state index contributed by atoms with van der Waals surface area (Å²) < 4.78 is 15.6. The van der Waals surface area contributed by atoms with E-state index in [4.69, 9.17) is 5.73 Å². The SMILES string of the molecule is NCC(Nc1ccccc1F)c1cc(Br)c(Br)s1. The maximum Gasteiger partial charge on any atom is 0.146 e. The van der Waals surface area contributed by atoms with E-state index in [0.717, 1.165) is 13.1 Å². The summed E-state index contributed by atoms with van der Waals surface area (Å²) in [5.74, 6) is -0.273. The van der Waals surface area contributed by atoms with Crippen LogP contribution in [0.4, 0.5) is 10.1 Å². The summed E-state index contributed by atoms with van der Waals surface area (Å²) >= 11 is 8.45. The van der Waals surface area contributed by atoms with Crippen molar-refractivity contribution < 1.29 is 4.39 Å². The van der Waals surface area contributed by atoms with Crippen LogP contribution in [0.25, 0.3) is 0 Å². The van der Waals surface area contributed by atoms with Crippen molar-refractivity contribution in [2.45, 2.75) is 6.04 Å². The fourth-order valence-electron chi connectivity index (χ4n) is 1.55. The van der Waals surface area contributed by atoms with Gasteiger partial charge in [-0.05, 0) is 50.1 Å². The molecule has 1 aromatic carbocycles. The third-order valence-electron chi connectivity index (χ3n) is 2.45. The summed E-state index contributed by atoms with van der Waals surface area (Å²) in [5.41, 5.74) is 6.22. The fourth-order valence-corrected chi connectivity index (χ4v) is 3.70. The highest BCUT2D eigenvalue weighted by atomic mass is 79.9. The lowest BCUT2D eigenvalue weighted by atomic mass is 10.2. The van der Waals surface area contributed by atoms with E-state index < -0.39 is 0 Å². The van der Waals surface area contributed by atoms with E-state index in [2.05, 4.69) is 37.2 Å². The Bertz CT molecular complexity index is 525. The Morgan fingerprint density at radius 1 is 1.33 bits per heavy atom. The van der Waals surface area contributed by atoms with Crippen LogP contribution in [0.3, 0.4) is 0 Å². The van der Waals surface area contributed by atoms with Crippen LogP contribution in [0, 0.1) is 5.82 Å². The van der Waals surface area contributed by atoms with Gasteiger partial charge in [-0.15, -0.1) is 11.3 Å². The second-order valence-electron chi connectivity index (χ2n) is 3.68. The number of nitrogens with two attached hydrogens (primary N) is 1. The van der Waals surface area contributed by atoms with Crippen molar-refractivity contribution in [3.63, 3.8) is 0 Å². The van der Waals surface area contributed by atoms with Crippen molar-refractivity contribution in [3.8, 4) is 0 Å². The van der Waals surface area contributed by atoms with Crippen molar-refractivity contribution >= 4 is 48.9 Å². The van der Waals surface area contributed by atoms with Crippen molar-refractivity contribution in [2.75, 3.05) is 11.9 Å². The largest absolute Gasteiger partial charge is 0.374 e. The Kier molecular flexibility index (Phi) is 4.77. The molecular formula is C12H11Br2FN2S. The van der Waals surface area contributed by atoms with Gasteiger partial charge in [-0.2, -0.15) is 0 Å². The van der Waals surface area contributed by atoms with Crippen LogP contribution in [0.2, 0.25) is 0 Å². The van der Waals surface area contributed by atoms with Crippen molar-refractivity contribution in [2.24, 2.45) is 5.73 Å². The molecule has 0 spiro atoms. The summed E-state index contributed by atoms with van der Waals surface area (Å²) in [4.78, 5) is 1.06. The van der Waals surface area contributed by atoms with Crippen LogP contribution in [0.15, 0.2) is 38.6 Å². The molecule has 2 nitrogen and oxygen atoms in total. The van der Waals surface area contributed by atoms with Crippen molar-refractivity contribution in [3.05, 3.63) is 49.3 Å². The molecule has 1 unspecified atom stereocenters. The lowest BCUT2D eigenvalue weighted by molar-refractivity contribution is 0.626. The lowest BCUT2D eigenvalue weighted by Gasteiger charge is -2.17. The number of para-hydroxylation sites is 1. The average molecular weight is 394 g/mol. The smallest absolute Gasteiger partial charge is 0.146 e. The van der Waals surface area contributed by atoms with Crippen molar-refractivity contribution in [1.82, 2.24) is 0 Å². The fraction of sp³-hybridized carbons (Fsp3) is 0.167. The van der Waals surface area contributed by atoms with E-state index in [1.165, 1.54) is 6.07 Å². The summed E-state index contributed by atoms with van der Waals surface area (Å²) in [7, 11) is 0. The van der Waals surface area contributed by atoms with Gasteiger partial charge in [-0.1, -0.05) is 12.1 Å². The Labute approximate surface area is 126 Å².